The number of likely N-dealkylation sites (tertiary alicyclic amines) is 1. The molecule has 0 radical (unpaired) electrons. The summed E-state index contributed by atoms with van der Waals surface area (Å²) in [6, 6.07) is 12.8. The van der Waals surface area contributed by atoms with E-state index in [1.54, 1.807) is 12.1 Å². The summed E-state index contributed by atoms with van der Waals surface area (Å²) < 4.78 is 18.6. The summed E-state index contributed by atoms with van der Waals surface area (Å²) in [4.78, 5) is 14.7. The third kappa shape index (κ3) is 5.80. The molecule has 0 spiro atoms. The molecule has 1 unspecified atom stereocenters. The van der Waals surface area contributed by atoms with Crippen molar-refractivity contribution in [2.75, 3.05) is 25.5 Å². The largest absolute Gasteiger partial charge is 0.494 e. The zero-order valence-corrected chi connectivity index (χ0v) is 16.7. The van der Waals surface area contributed by atoms with Crippen LogP contribution < -0.4 is 10.1 Å². The number of carbonyl (C=O) groups is 1. The number of halogens is 1. The molecule has 1 saturated heterocycles. The Labute approximate surface area is 166 Å². The molecule has 5 heteroatoms. The third-order valence-electron chi connectivity index (χ3n) is 5.24. The summed E-state index contributed by atoms with van der Waals surface area (Å²) in [6.07, 6.45) is 3.38. The highest BCUT2D eigenvalue weighted by Gasteiger charge is 2.16. The van der Waals surface area contributed by atoms with Crippen LogP contribution in [0.1, 0.15) is 37.3 Å². The van der Waals surface area contributed by atoms with Crippen LogP contribution in [0.5, 0.6) is 5.75 Å². The Morgan fingerprint density at radius 1 is 1.21 bits per heavy atom. The second-order valence-electron chi connectivity index (χ2n) is 7.70. The predicted octanol–water partition coefficient (Wildman–Crippen LogP) is 4.64. The maximum Gasteiger partial charge on any atom is 0.224 e. The number of nitrogens with one attached hydrogen (secondary N) is 1. The van der Waals surface area contributed by atoms with E-state index >= 15 is 0 Å². The first-order chi connectivity index (χ1) is 13.5. The third-order valence-corrected chi connectivity index (χ3v) is 5.24. The van der Waals surface area contributed by atoms with Gasteiger partial charge >= 0.3 is 0 Å². The monoisotopic (exact) mass is 384 g/mol. The zero-order chi connectivity index (χ0) is 19.9. The van der Waals surface area contributed by atoms with Crippen LogP contribution >= 0.6 is 0 Å². The van der Waals surface area contributed by atoms with E-state index in [0.717, 1.165) is 36.8 Å². The Kier molecular flexibility index (Phi) is 7.04. The van der Waals surface area contributed by atoms with E-state index < -0.39 is 5.82 Å². The fraction of sp³-hybridized carbons (Fsp3) is 0.435. The SMILES string of the molecule is COc1ccc(CCC(=O)Nc2ccc(CN3CCCC(C)C3)cc2)cc1F. The second kappa shape index (κ2) is 9.69. The van der Waals surface area contributed by atoms with Crippen molar-refractivity contribution in [2.45, 2.75) is 39.2 Å². The van der Waals surface area contributed by atoms with E-state index in [1.807, 2.05) is 12.1 Å². The van der Waals surface area contributed by atoms with Crippen molar-refractivity contribution in [1.29, 1.82) is 0 Å². The van der Waals surface area contributed by atoms with Crippen LogP contribution in [0.2, 0.25) is 0 Å². The smallest absolute Gasteiger partial charge is 0.224 e. The van der Waals surface area contributed by atoms with Crippen LogP contribution in [0.25, 0.3) is 0 Å². The van der Waals surface area contributed by atoms with Crippen molar-refractivity contribution >= 4 is 11.6 Å². The summed E-state index contributed by atoms with van der Waals surface area (Å²) in [7, 11) is 1.43. The average molecular weight is 384 g/mol. The van der Waals surface area contributed by atoms with Crippen LogP contribution in [0, 0.1) is 11.7 Å². The quantitative estimate of drug-likeness (QED) is 0.756. The van der Waals surface area contributed by atoms with Crippen LogP contribution in [0.15, 0.2) is 42.5 Å². The van der Waals surface area contributed by atoms with E-state index in [-0.39, 0.29) is 11.7 Å². The van der Waals surface area contributed by atoms with Crippen molar-refractivity contribution < 1.29 is 13.9 Å². The highest BCUT2D eigenvalue weighted by molar-refractivity contribution is 5.90. The number of rotatable bonds is 7. The number of methoxy groups -OCH3 is 1. The molecular formula is C23H29FN2O2. The summed E-state index contributed by atoms with van der Waals surface area (Å²) in [5, 5.41) is 2.92. The molecule has 1 heterocycles. The first-order valence-corrected chi connectivity index (χ1v) is 9.97. The maximum absolute atomic E-state index is 13.7. The summed E-state index contributed by atoms with van der Waals surface area (Å²) >= 11 is 0. The Hall–Kier alpha value is -2.40. The van der Waals surface area contributed by atoms with Crippen molar-refractivity contribution in [3.8, 4) is 5.75 Å². The van der Waals surface area contributed by atoms with Crippen LogP contribution in [0.4, 0.5) is 10.1 Å². The molecule has 1 atom stereocenters. The van der Waals surface area contributed by atoms with Gasteiger partial charge in [0.25, 0.3) is 0 Å². The minimum Gasteiger partial charge on any atom is -0.494 e. The number of anilines is 1. The molecule has 1 aliphatic heterocycles. The molecule has 1 aliphatic rings. The molecular weight excluding hydrogens is 355 g/mol. The van der Waals surface area contributed by atoms with Gasteiger partial charge in [0.2, 0.25) is 5.91 Å². The maximum atomic E-state index is 13.7. The summed E-state index contributed by atoms with van der Waals surface area (Å²) in [6.45, 7) is 5.59. The average Bonchev–Trinajstić information content (AvgIpc) is 2.68. The number of ether oxygens (including phenoxy) is 1. The van der Waals surface area contributed by atoms with E-state index in [0.29, 0.717) is 12.8 Å². The standard InChI is InChI=1S/C23H29FN2O2/c1-17-4-3-13-26(15-17)16-19-5-9-20(10-6-19)25-23(27)12-8-18-7-11-22(28-2)21(24)14-18/h5-7,9-11,14,17H,3-4,8,12-13,15-16H2,1-2H3,(H,25,27). The lowest BCUT2D eigenvalue weighted by molar-refractivity contribution is -0.116. The van der Waals surface area contributed by atoms with Gasteiger partial charge in [-0.25, -0.2) is 4.39 Å². The van der Waals surface area contributed by atoms with Gasteiger partial charge in [-0.3, -0.25) is 9.69 Å². The molecule has 3 rings (SSSR count). The normalized spacial score (nSPS) is 17.3. The van der Waals surface area contributed by atoms with Crippen LogP contribution in [-0.2, 0) is 17.8 Å². The van der Waals surface area contributed by atoms with Gasteiger partial charge in [-0.1, -0.05) is 25.1 Å². The van der Waals surface area contributed by atoms with Gasteiger partial charge in [0.1, 0.15) is 0 Å². The molecule has 28 heavy (non-hydrogen) atoms. The number of piperidine rings is 1. The van der Waals surface area contributed by atoms with Gasteiger partial charge in [-0.05, 0) is 67.1 Å². The molecule has 1 fully saturated rings. The molecule has 0 aromatic heterocycles. The molecule has 2 aromatic rings. The first-order valence-electron chi connectivity index (χ1n) is 9.97. The van der Waals surface area contributed by atoms with Crippen LogP contribution in [-0.4, -0.2) is 31.0 Å². The Morgan fingerprint density at radius 2 is 1.96 bits per heavy atom. The molecule has 150 valence electrons. The second-order valence-corrected chi connectivity index (χ2v) is 7.70. The highest BCUT2D eigenvalue weighted by atomic mass is 19.1. The molecule has 1 N–H and O–H groups in total. The van der Waals surface area contributed by atoms with Gasteiger partial charge in [-0.15, -0.1) is 0 Å². The van der Waals surface area contributed by atoms with Crippen molar-refractivity contribution in [3.05, 3.63) is 59.4 Å². The van der Waals surface area contributed by atoms with E-state index in [2.05, 4.69) is 29.3 Å². The minimum absolute atomic E-state index is 0.0752. The molecule has 1 amide bonds. The van der Waals surface area contributed by atoms with Crippen molar-refractivity contribution in [2.24, 2.45) is 5.92 Å². The summed E-state index contributed by atoms with van der Waals surface area (Å²) in [5.74, 6) is 0.506. The molecule has 0 bridgehead atoms. The molecule has 2 aromatic carbocycles. The fourth-order valence-electron chi connectivity index (χ4n) is 3.73. The number of benzene rings is 2. The number of hydrogen-bond donors (Lipinski definition) is 1. The number of nitrogens with zero attached hydrogens (tertiary/aromatic N) is 1. The summed E-state index contributed by atoms with van der Waals surface area (Å²) in [5.41, 5.74) is 2.84. The number of carbonyl (C=O) groups excluding carboxylic acids is 1. The van der Waals surface area contributed by atoms with Crippen LogP contribution in [0.3, 0.4) is 0 Å². The number of aryl methyl sites for hydroxylation is 1. The minimum atomic E-state index is -0.404. The predicted molar refractivity (Wildman–Crippen MR) is 110 cm³/mol. The van der Waals surface area contributed by atoms with E-state index in [1.165, 1.54) is 31.6 Å². The molecule has 4 nitrogen and oxygen atoms in total. The van der Waals surface area contributed by atoms with E-state index in [9.17, 15) is 9.18 Å². The van der Waals surface area contributed by atoms with Crippen molar-refractivity contribution in [1.82, 2.24) is 4.90 Å². The zero-order valence-electron chi connectivity index (χ0n) is 16.7. The number of amides is 1. The Bertz CT molecular complexity index is 792. The van der Waals surface area contributed by atoms with Gasteiger partial charge in [0.15, 0.2) is 11.6 Å². The Balaban J connectivity index is 1.47. The fourth-order valence-corrected chi connectivity index (χ4v) is 3.73. The molecule has 0 aliphatic carbocycles. The topological polar surface area (TPSA) is 41.6 Å². The van der Waals surface area contributed by atoms with Gasteiger partial charge in [0.05, 0.1) is 7.11 Å². The van der Waals surface area contributed by atoms with Crippen molar-refractivity contribution in [3.63, 3.8) is 0 Å². The number of hydrogen-bond acceptors (Lipinski definition) is 3. The molecule has 0 saturated carbocycles. The van der Waals surface area contributed by atoms with E-state index in [4.69, 9.17) is 4.74 Å². The highest BCUT2D eigenvalue weighted by Crippen LogP contribution is 2.20. The Morgan fingerprint density at radius 3 is 2.64 bits per heavy atom. The lowest BCUT2D eigenvalue weighted by atomic mass is 10.00. The van der Waals surface area contributed by atoms with Gasteiger partial charge in [0, 0.05) is 25.2 Å². The van der Waals surface area contributed by atoms with Gasteiger partial charge < -0.3 is 10.1 Å². The van der Waals surface area contributed by atoms with Gasteiger partial charge in [-0.2, -0.15) is 0 Å². The lowest BCUT2D eigenvalue weighted by Gasteiger charge is -2.30. The first kappa shape index (κ1) is 20.3. The lowest BCUT2D eigenvalue weighted by Crippen LogP contribution is -2.33.